The Morgan fingerprint density at radius 2 is 1.96 bits per heavy atom. The summed E-state index contributed by atoms with van der Waals surface area (Å²) < 4.78 is 5.36. The molecule has 0 bridgehead atoms. The Balaban J connectivity index is 2.15. The largest absolute Gasteiger partial charge is 0.464 e. The third kappa shape index (κ3) is 4.50. The maximum atomic E-state index is 12.6. The first-order valence-corrected chi connectivity index (χ1v) is 9.38. The Morgan fingerprint density at radius 3 is 2.61 bits per heavy atom. The smallest absolute Gasteiger partial charge is 0.329 e. The maximum Gasteiger partial charge on any atom is 0.329 e. The molecular weight excluding hydrogens is 310 g/mol. The molecule has 126 valence electrons. The zero-order valence-electron chi connectivity index (χ0n) is 13.9. The molecule has 1 aromatic carbocycles. The minimum absolute atomic E-state index is 0.0313. The Kier molecular flexibility index (Phi) is 6.96. The Bertz CT molecular complexity index is 520. The molecule has 1 heterocycles. The van der Waals surface area contributed by atoms with E-state index in [2.05, 4.69) is 6.92 Å². The second-order valence-electron chi connectivity index (χ2n) is 5.68. The quantitative estimate of drug-likeness (QED) is 0.562. The molecular formula is C18H25NO3S. The molecule has 23 heavy (non-hydrogen) atoms. The molecule has 1 fully saturated rings. The van der Waals surface area contributed by atoms with E-state index in [-0.39, 0.29) is 17.3 Å². The van der Waals surface area contributed by atoms with Crippen LogP contribution in [0.2, 0.25) is 0 Å². The highest BCUT2D eigenvalue weighted by Gasteiger charge is 2.42. The Hall–Kier alpha value is -1.49. The topological polar surface area (TPSA) is 46.6 Å². The van der Waals surface area contributed by atoms with Crippen molar-refractivity contribution in [3.63, 3.8) is 0 Å². The van der Waals surface area contributed by atoms with Crippen molar-refractivity contribution < 1.29 is 14.3 Å². The fourth-order valence-corrected chi connectivity index (χ4v) is 4.06. The van der Waals surface area contributed by atoms with Crippen LogP contribution < -0.4 is 0 Å². The number of hydrogen-bond acceptors (Lipinski definition) is 4. The monoisotopic (exact) mass is 335 g/mol. The van der Waals surface area contributed by atoms with Gasteiger partial charge in [-0.3, -0.25) is 4.79 Å². The fourth-order valence-electron chi connectivity index (χ4n) is 2.62. The van der Waals surface area contributed by atoms with E-state index in [4.69, 9.17) is 4.74 Å². The first kappa shape index (κ1) is 17.9. The standard InChI is InChI=1S/C18H25NO3S/c1-3-5-12-22-18(21)15-13-23-17(14-10-7-6-8-11-14)19(15)16(20)9-4-2/h6-8,10-11,15,17H,3-5,9,12-13H2,1-2H3. The van der Waals surface area contributed by atoms with Crippen molar-refractivity contribution >= 4 is 23.6 Å². The van der Waals surface area contributed by atoms with Crippen LogP contribution in [0.15, 0.2) is 30.3 Å². The molecule has 0 N–H and O–H groups in total. The van der Waals surface area contributed by atoms with Gasteiger partial charge in [0.1, 0.15) is 11.4 Å². The van der Waals surface area contributed by atoms with Gasteiger partial charge in [0.15, 0.2) is 0 Å². The average Bonchev–Trinajstić information content (AvgIpc) is 3.01. The zero-order chi connectivity index (χ0) is 16.7. The van der Waals surface area contributed by atoms with Gasteiger partial charge in [-0.1, -0.05) is 50.6 Å². The van der Waals surface area contributed by atoms with E-state index in [1.807, 2.05) is 37.3 Å². The number of thioether (sulfide) groups is 1. The molecule has 0 aromatic heterocycles. The van der Waals surface area contributed by atoms with Crippen molar-refractivity contribution in [2.45, 2.75) is 50.9 Å². The number of rotatable bonds is 7. The van der Waals surface area contributed by atoms with Crippen LogP contribution in [0, 0.1) is 0 Å². The van der Waals surface area contributed by atoms with Crippen LogP contribution in [0.1, 0.15) is 50.5 Å². The molecule has 1 aliphatic heterocycles. The van der Waals surface area contributed by atoms with Crippen molar-refractivity contribution in [1.29, 1.82) is 0 Å². The van der Waals surface area contributed by atoms with E-state index in [0.29, 0.717) is 18.8 Å². The minimum atomic E-state index is -0.471. The number of amides is 1. The summed E-state index contributed by atoms with van der Waals surface area (Å²) in [5, 5.41) is -0.0982. The lowest BCUT2D eigenvalue weighted by molar-refractivity contribution is -0.154. The molecule has 1 saturated heterocycles. The molecule has 4 nitrogen and oxygen atoms in total. The highest BCUT2D eigenvalue weighted by atomic mass is 32.2. The van der Waals surface area contributed by atoms with Gasteiger partial charge in [-0.05, 0) is 18.4 Å². The summed E-state index contributed by atoms with van der Waals surface area (Å²) in [6.45, 7) is 4.47. The number of esters is 1. The van der Waals surface area contributed by atoms with Crippen molar-refractivity contribution in [3.05, 3.63) is 35.9 Å². The van der Waals surface area contributed by atoms with Crippen molar-refractivity contribution in [1.82, 2.24) is 4.90 Å². The number of ether oxygens (including phenoxy) is 1. The number of unbranched alkanes of at least 4 members (excludes halogenated alkanes) is 1. The van der Waals surface area contributed by atoms with Gasteiger partial charge in [0.25, 0.3) is 0 Å². The van der Waals surface area contributed by atoms with E-state index >= 15 is 0 Å². The Labute approximate surface area is 142 Å². The van der Waals surface area contributed by atoms with E-state index in [9.17, 15) is 9.59 Å². The summed E-state index contributed by atoms with van der Waals surface area (Å²) in [4.78, 5) is 26.7. The van der Waals surface area contributed by atoms with Crippen LogP contribution in [-0.2, 0) is 14.3 Å². The van der Waals surface area contributed by atoms with E-state index < -0.39 is 6.04 Å². The van der Waals surface area contributed by atoms with E-state index in [1.54, 1.807) is 16.7 Å². The van der Waals surface area contributed by atoms with Crippen LogP contribution in [0.3, 0.4) is 0 Å². The van der Waals surface area contributed by atoms with Crippen LogP contribution in [0.25, 0.3) is 0 Å². The summed E-state index contributed by atoms with van der Waals surface area (Å²) in [6.07, 6.45) is 3.08. The minimum Gasteiger partial charge on any atom is -0.464 e. The Morgan fingerprint density at radius 1 is 1.22 bits per heavy atom. The van der Waals surface area contributed by atoms with Crippen LogP contribution in [0.5, 0.6) is 0 Å². The molecule has 0 radical (unpaired) electrons. The molecule has 0 saturated carbocycles. The summed E-state index contributed by atoms with van der Waals surface area (Å²) in [5.41, 5.74) is 1.06. The number of carbonyl (C=O) groups is 2. The van der Waals surface area contributed by atoms with Gasteiger partial charge in [-0.2, -0.15) is 0 Å². The summed E-state index contributed by atoms with van der Waals surface area (Å²) in [7, 11) is 0. The lowest BCUT2D eigenvalue weighted by atomic mass is 10.1. The van der Waals surface area contributed by atoms with Crippen LogP contribution in [-0.4, -0.2) is 35.2 Å². The molecule has 2 rings (SSSR count). The van der Waals surface area contributed by atoms with E-state index in [1.165, 1.54) is 0 Å². The average molecular weight is 335 g/mol. The predicted molar refractivity (Wildman–Crippen MR) is 93.1 cm³/mol. The molecule has 1 amide bonds. The number of nitrogens with zero attached hydrogens (tertiary/aromatic N) is 1. The number of benzene rings is 1. The molecule has 1 aromatic rings. The molecule has 0 aliphatic carbocycles. The second kappa shape index (κ2) is 8.96. The predicted octanol–water partition coefficient (Wildman–Crippen LogP) is 3.77. The van der Waals surface area contributed by atoms with Gasteiger partial charge < -0.3 is 9.64 Å². The van der Waals surface area contributed by atoms with Gasteiger partial charge in [0, 0.05) is 12.2 Å². The molecule has 5 heteroatoms. The van der Waals surface area contributed by atoms with Crippen molar-refractivity contribution in [2.75, 3.05) is 12.4 Å². The third-order valence-corrected chi connectivity index (χ3v) is 5.17. The number of hydrogen-bond donors (Lipinski definition) is 0. The van der Waals surface area contributed by atoms with Gasteiger partial charge >= 0.3 is 5.97 Å². The molecule has 1 aliphatic rings. The highest BCUT2D eigenvalue weighted by Crippen LogP contribution is 2.42. The van der Waals surface area contributed by atoms with Crippen molar-refractivity contribution in [3.8, 4) is 0 Å². The van der Waals surface area contributed by atoms with Crippen LogP contribution >= 0.6 is 11.8 Å². The fraction of sp³-hybridized carbons (Fsp3) is 0.556. The number of carbonyl (C=O) groups excluding carboxylic acids is 2. The van der Waals surface area contributed by atoms with Crippen LogP contribution in [0.4, 0.5) is 0 Å². The summed E-state index contributed by atoms with van der Waals surface area (Å²) in [6, 6.07) is 9.43. The van der Waals surface area contributed by atoms with Gasteiger partial charge in [-0.25, -0.2) is 4.79 Å². The normalized spacial score (nSPS) is 20.5. The first-order chi connectivity index (χ1) is 11.2. The van der Waals surface area contributed by atoms with Gasteiger partial charge in [0.05, 0.1) is 6.61 Å². The SMILES string of the molecule is CCCCOC(=O)C1CSC(c2ccccc2)N1C(=O)CCC. The summed E-state index contributed by atoms with van der Waals surface area (Å²) in [5.74, 6) is 0.359. The molecule has 2 unspecified atom stereocenters. The third-order valence-electron chi connectivity index (χ3n) is 3.85. The zero-order valence-corrected chi connectivity index (χ0v) is 14.7. The first-order valence-electron chi connectivity index (χ1n) is 8.33. The summed E-state index contributed by atoms with van der Waals surface area (Å²) >= 11 is 1.64. The van der Waals surface area contributed by atoms with Gasteiger partial charge in [0.2, 0.25) is 5.91 Å². The van der Waals surface area contributed by atoms with E-state index in [0.717, 1.165) is 24.8 Å². The van der Waals surface area contributed by atoms with Crippen molar-refractivity contribution in [2.24, 2.45) is 0 Å². The lowest BCUT2D eigenvalue weighted by Crippen LogP contribution is -2.43. The van der Waals surface area contributed by atoms with Gasteiger partial charge in [-0.15, -0.1) is 11.8 Å². The second-order valence-corrected chi connectivity index (χ2v) is 6.80. The highest BCUT2D eigenvalue weighted by molar-refractivity contribution is 7.99. The lowest BCUT2D eigenvalue weighted by Gasteiger charge is -2.28. The molecule has 0 spiro atoms. The molecule has 2 atom stereocenters. The maximum absolute atomic E-state index is 12.6.